The third-order valence-corrected chi connectivity index (χ3v) is 5.79. The molecule has 0 spiro atoms. The van der Waals surface area contributed by atoms with Crippen LogP contribution in [0.4, 0.5) is 14.5 Å². The average molecular weight is 455 g/mol. The number of carbonyl (C=O) groups excluding carboxylic acids is 1. The molecular weight excluding hydrogens is 432 g/mol. The Morgan fingerprint density at radius 3 is 1.85 bits per heavy atom. The van der Waals surface area contributed by atoms with Gasteiger partial charge in [0.25, 0.3) is 0 Å². The van der Waals surface area contributed by atoms with E-state index in [1.807, 2.05) is 12.1 Å². The molecule has 1 aliphatic heterocycles. The Bertz CT molecular complexity index is 1160. The minimum Gasteiger partial charge on any atom is -0.497 e. The summed E-state index contributed by atoms with van der Waals surface area (Å²) in [6.07, 6.45) is 0. The lowest BCUT2D eigenvalue weighted by Crippen LogP contribution is -2.53. The van der Waals surface area contributed by atoms with Gasteiger partial charge in [0.1, 0.15) is 5.75 Å². The van der Waals surface area contributed by atoms with E-state index < -0.39 is 23.6 Å². The van der Waals surface area contributed by atoms with Crippen molar-refractivity contribution in [1.82, 2.24) is 0 Å². The van der Waals surface area contributed by atoms with Gasteiger partial charge < -0.3 is 23.8 Å². The fourth-order valence-corrected chi connectivity index (χ4v) is 4.16. The molecule has 0 saturated carbocycles. The molecular formula is C25H23F2NO5. The number of amides is 1. The van der Waals surface area contributed by atoms with Crippen LogP contribution in [0.3, 0.4) is 0 Å². The normalized spacial score (nSPS) is 17.4. The van der Waals surface area contributed by atoms with Gasteiger partial charge in [-0.2, -0.15) is 0 Å². The van der Waals surface area contributed by atoms with Crippen molar-refractivity contribution in [2.75, 3.05) is 33.3 Å². The first-order valence-corrected chi connectivity index (χ1v) is 10.2. The Balaban J connectivity index is 1.83. The van der Waals surface area contributed by atoms with Gasteiger partial charge in [0.15, 0.2) is 23.1 Å². The van der Waals surface area contributed by atoms with Crippen molar-refractivity contribution in [3.63, 3.8) is 0 Å². The number of anilines is 1. The van der Waals surface area contributed by atoms with Crippen LogP contribution in [0.1, 0.15) is 23.1 Å². The second-order valence-corrected chi connectivity index (χ2v) is 7.46. The highest BCUT2D eigenvalue weighted by Gasteiger charge is 2.50. The van der Waals surface area contributed by atoms with E-state index in [-0.39, 0.29) is 5.91 Å². The zero-order valence-electron chi connectivity index (χ0n) is 18.6. The molecule has 1 aliphatic rings. The molecule has 8 heteroatoms. The molecule has 0 radical (unpaired) electrons. The summed E-state index contributed by atoms with van der Waals surface area (Å²) in [7, 11) is 6.04. The third kappa shape index (κ3) is 3.82. The van der Waals surface area contributed by atoms with E-state index >= 15 is 0 Å². The summed E-state index contributed by atoms with van der Waals surface area (Å²) in [4.78, 5) is 15.0. The standard InChI is InChI=1S/C25H23F2NO5/c1-30-17-8-5-14(6-9-17)23-22(15-7-10-18(26)19(27)11-15)25(29)28(23)16-12-20(31-2)24(33-4)21(13-16)32-3/h5-13,22-23H,1-4H3/t22-,23-/m1/s1. The van der Waals surface area contributed by atoms with Gasteiger partial charge >= 0.3 is 0 Å². The zero-order valence-corrected chi connectivity index (χ0v) is 18.6. The largest absolute Gasteiger partial charge is 0.497 e. The molecule has 0 aromatic heterocycles. The Morgan fingerprint density at radius 2 is 1.33 bits per heavy atom. The lowest BCUT2D eigenvalue weighted by molar-refractivity contribution is -0.126. The van der Waals surface area contributed by atoms with Crippen LogP contribution in [-0.4, -0.2) is 34.3 Å². The van der Waals surface area contributed by atoms with Crippen LogP contribution in [-0.2, 0) is 4.79 Å². The van der Waals surface area contributed by atoms with Gasteiger partial charge in [-0.1, -0.05) is 18.2 Å². The maximum Gasteiger partial charge on any atom is 0.237 e. The predicted octanol–water partition coefficient (Wildman–Crippen LogP) is 4.87. The van der Waals surface area contributed by atoms with Gasteiger partial charge in [-0.05, 0) is 35.4 Å². The van der Waals surface area contributed by atoms with Crippen LogP contribution in [0.15, 0.2) is 54.6 Å². The van der Waals surface area contributed by atoms with Gasteiger partial charge in [0.2, 0.25) is 11.7 Å². The third-order valence-electron chi connectivity index (χ3n) is 5.79. The molecule has 1 heterocycles. The van der Waals surface area contributed by atoms with Crippen LogP contribution >= 0.6 is 0 Å². The molecule has 0 N–H and O–H groups in total. The lowest BCUT2D eigenvalue weighted by Gasteiger charge is -2.48. The van der Waals surface area contributed by atoms with Crippen LogP contribution in [0, 0.1) is 11.6 Å². The van der Waals surface area contributed by atoms with Crippen LogP contribution in [0.25, 0.3) is 0 Å². The molecule has 0 bridgehead atoms. The molecule has 4 rings (SSSR count). The van der Waals surface area contributed by atoms with Gasteiger partial charge in [-0.15, -0.1) is 0 Å². The first-order chi connectivity index (χ1) is 15.9. The molecule has 0 aliphatic carbocycles. The number of rotatable bonds is 7. The van der Waals surface area contributed by atoms with Crippen LogP contribution in [0.2, 0.25) is 0 Å². The first-order valence-electron chi connectivity index (χ1n) is 10.2. The number of benzene rings is 3. The number of methoxy groups -OCH3 is 4. The van der Waals surface area contributed by atoms with E-state index in [1.165, 1.54) is 27.4 Å². The molecule has 0 unspecified atom stereocenters. The fraction of sp³-hybridized carbons (Fsp3) is 0.240. The Hall–Kier alpha value is -3.81. The van der Waals surface area contributed by atoms with Crippen molar-refractivity contribution < 1.29 is 32.5 Å². The van der Waals surface area contributed by atoms with Gasteiger partial charge in [0, 0.05) is 12.1 Å². The number of hydrogen-bond donors (Lipinski definition) is 0. The second-order valence-electron chi connectivity index (χ2n) is 7.46. The molecule has 2 atom stereocenters. The van der Waals surface area contributed by atoms with Crippen molar-refractivity contribution in [1.29, 1.82) is 0 Å². The Labute approximate surface area is 190 Å². The summed E-state index contributed by atoms with van der Waals surface area (Å²) in [5, 5.41) is 0. The topological polar surface area (TPSA) is 57.2 Å². The number of nitrogens with zero attached hydrogens (tertiary/aromatic N) is 1. The lowest BCUT2D eigenvalue weighted by atomic mass is 9.77. The second kappa shape index (κ2) is 8.97. The number of carbonyl (C=O) groups is 1. The fourth-order valence-electron chi connectivity index (χ4n) is 4.16. The average Bonchev–Trinajstić information content (AvgIpc) is 2.84. The summed E-state index contributed by atoms with van der Waals surface area (Å²) in [6, 6.07) is 13.7. The number of β-lactam (4-membered cyclic amide) rings is 1. The van der Waals surface area contributed by atoms with E-state index in [4.69, 9.17) is 18.9 Å². The molecule has 1 amide bonds. The van der Waals surface area contributed by atoms with Gasteiger partial charge in [0.05, 0.1) is 46.1 Å². The summed E-state index contributed by atoms with van der Waals surface area (Å²) in [5.41, 5.74) is 1.72. The van der Waals surface area contributed by atoms with E-state index in [0.29, 0.717) is 34.2 Å². The smallest absolute Gasteiger partial charge is 0.237 e. The number of ether oxygens (including phenoxy) is 4. The molecule has 3 aromatic rings. The summed E-state index contributed by atoms with van der Waals surface area (Å²) in [5.74, 6) is -1.09. The van der Waals surface area contributed by atoms with E-state index in [9.17, 15) is 13.6 Å². The summed E-state index contributed by atoms with van der Waals surface area (Å²) < 4.78 is 49.0. The van der Waals surface area contributed by atoms with E-state index in [2.05, 4.69) is 0 Å². The molecule has 1 fully saturated rings. The van der Waals surface area contributed by atoms with Crippen molar-refractivity contribution in [3.8, 4) is 23.0 Å². The molecule has 6 nitrogen and oxygen atoms in total. The molecule has 33 heavy (non-hydrogen) atoms. The monoisotopic (exact) mass is 455 g/mol. The highest BCUT2D eigenvalue weighted by atomic mass is 19.2. The van der Waals surface area contributed by atoms with Crippen molar-refractivity contribution in [2.45, 2.75) is 12.0 Å². The zero-order chi connectivity index (χ0) is 23.7. The number of hydrogen-bond acceptors (Lipinski definition) is 5. The van der Waals surface area contributed by atoms with Gasteiger partial charge in [-0.3, -0.25) is 4.79 Å². The van der Waals surface area contributed by atoms with E-state index in [0.717, 1.165) is 17.7 Å². The molecule has 3 aromatic carbocycles. The maximum atomic E-state index is 14.0. The van der Waals surface area contributed by atoms with Crippen molar-refractivity contribution >= 4 is 11.6 Å². The van der Waals surface area contributed by atoms with E-state index in [1.54, 1.807) is 36.3 Å². The van der Waals surface area contributed by atoms with Crippen molar-refractivity contribution in [3.05, 3.63) is 77.4 Å². The minimum absolute atomic E-state index is 0.268. The number of halogens is 2. The predicted molar refractivity (Wildman–Crippen MR) is 118 cm³/mol. The van der Waals surface area contributed by atoms with Gasteiger partial charge in [-0.25, -0.2) is 8.78 Å². The maximum absolute atomic E-state index is 14.0. The molecule has 172 valence electrons. The quantitative estimate of drug-likeness (QED) is 0.476. The Morgan fingerprint density at radius 1 is 0.727 bits per heavy atom. The first kappa shape index (κ1) is 22.4. The van der Waals surface area contributed by atoms with Crippen molar-refractivity contribution in [2.24, 2.45) is 0 Å². The highest BCUT2D eigenvalue weighted by Crippen LogP contribution is 2.52. The molecule has 1 saturated heterocycles. The summed E-state index contributed by atoms with van der Waals surface area (Å²) >= 11 is 0. The van der Waals surface area contributed by atoms with Crippen LogP contribution < -0.4 is 23.8 Å². The van der Waals surface area contributed by atoms with Crippen LogP contribution in [0.5, 0.6) is 23.0 Å². The Kier molecular flexibility index (Phi) is 6.09. The minimum atomic E-state index is -1.000. The highest BCUT2D eigenvalue weighted by molar-refractivity contribution is 6.07. The SMILES string of the molecule is COc1ccc([C@@H]2[C@@H](c3ccc(F)c(F)c3)C(=O)N2c2cc(OC)c(OC)c(OC)c2)cc1. The summed E-state index contributed by atoms with van der Waals surface area (Å²) in [6.45, 7) is 0.